The Morgan fingerprint density at radius 3 is 2.25 bits per heavy atom. The maximum atomic E-state index is 12.8. The first-order valence-corrected chi connectivity index (χ1v) is 8.70. The molecule has 1 aromatic carbocycles. The van der Waals surface area contributed by atoms with Gasteiger partial charge in [-0.1, -0.05) is 18.2 Å². The minimum Gasteiger partial charge on any atom is -0.336 e. The molecule has 0 spiro atoms. The van der Waals surface area contributed by atoms with Crippen LogP contribution in [0.3, 0.4) is 0 Å². The van der Waals surface area contributed by atoms with Crippen LogP contribution in [0.5, 0.6) is 0 Å². The Hall–Kier alpha value is -2.47. The van der Waals surface area contributed by atoms with Crippen LogP contribution in [0.15, 0.2) is 41.8 Å². The van der Waals surface area contributed by atoms with E-state index in [9.17, 15) is 14.4 Å². The number of amides is 3. The maximum absolute atomic E-state index is 12.8. The van der Waals surface area contributed by atoms with E-state index in [0.29, 0.717) is 24.2 Å². The third kappa shape index (κ3) is 2.73. The molecule has 1 aliphatic heterocycles. The quantitative estimate of drug-likeness (QED) is 0.785. The fourth-order valence-corrected chi connectivity index (χ4v) is 3.59. The molecule has 0 saturated carbocycles. The van der Waals surface area contributed by atoms with Crippen molar-refractivity contribution in [1.82, 2.24) is 9.80 Å². The third-order valence-corrected chi connectivity index (χ3v) is 5.05. The number of thiophene rings is 1. The van der Waals surface area contributed by atoms with Gasteiger partial charge in [0.25, 0.3) is 11.8 Å². The standard InChI is InChI=1S/C18H18N2O3S/c1-3-19(11-13-7-6-10-24-13)16(21)12(2)20-17(22)14-8-4-5-9-15(14)18(20)23/h4-10,12H,3,11H2,1-2H3. The topological polar surface area (TPSA) is 57.7 Å². The lowest BCUT2D eigenvalue weighted by molar-refractivity contribution is -0.135. The van der Waals surface area contributed by atoms with E-state index >= 15 is 0 Å². The van der Waals surface area contributed by atoms with Crippen LogP contribution < -0.4 is 0 Å². The van der Waals surface area contributed by atoms with Crippen LogP contribution in [-0.4, -0.2) is 40.1 Å². The van der Waals surface area contributed by atoms with Gasteiger partial charge >= 0.3 is 0 Å². The van der Waals surface area contributed by atoms with Gasteiger partial charge in [0.15, 0.2) is 0 Å². The summed E-state index contributed by atoms with van der Waals surface area (Å²) in [5, 5.41) is 1.96. The summed E-state index contributed by atoms with van der Waals surface area (Å²) in [6.45, 7) is 4.51. The lowest BCUT2D eigenvalue weighted by Crippen LogP contribution is -2.49. The molecule has 0 aliphatic carbocycles. The number of carbonyl (C=O) groups is 3. The molecule has 1 aliphatic rings. The zero-order chi connectivity index (χ0) is 17.3. The highest BCUT2D eigenvalue weighted by molar-refractivity contribution is 7.09. The molecule has 3 amide bonds. The monoisotopic (exact) mass is 342 g/mol. The van der Waals surface area contributed by atoms with Gasteiger partial charge in [-0.25, -0.2) is 0 Å². The van der Waals surface area contributed by atoms with E-state index in [4.69, 9.17) is 0 Å². The molecule has 2 heterocycles. The van der Waals surface area contributed by atoms with Crippen LogP contribution >= 0.6 is 11.3 Å². The summed E-state index contributed by atoms with van der Waals surface area (Å²) in [4.78, 5) is 41.7. The van der Waals surface area contributed by atoms with Gasteiger partial charge in [0.2, 0.25) is 5.91 Å². The van der Waals surface area contributed by atoms with Gasteiger partial charge in [-0.15, -0.1) is 11.3 Å². The van der Waals surface area contributed by atoms with Crippen molar-refractivity contribution in [2.45, 2.75) is 26.4 Å². The average Bonchev–Trinajstić information content (AvgIpc) is 3.19. The van der Waals surface area contributed by atoms with Gasteiger partial charge in [-0.2, -0.15) is 0 Å². The minimum atomic E-state index is -0.822. The van der Waals surface area contributed by atoms with E-state index in [-0.39, 0.29) is 5.91 Å². The summed E-state index contributed by atoms with van der Waals surface area (Å²) in [6, 6.07) is 9.76. The van der Waals surface area contributed by atoms with Gasteiger partial charge in [-0.05, 0) is 37.4 Å². The molecule has 0 radical (unpaired) electrons. The first-order chi connectivity index (χ1) is 11.5. The molecule has 6 heteroatoms. The first-order valence-electron chi connectivity index (χ1n) is 7.82. The second-order valence-electron chi connectivity index (χ2n) is 5.63. The van der Waals surface area contributed by atoms with Gasteiger partial charge in [0.1, 0.15) is 6.04 Å². The molecule has 5 nitrogen and oxygen atoms in total. The van der Waals surface area contributed by atoms with E-state index in [1.807, 2.05) is 24.4 Å². The average molecular weight is 342 g/mol. The van der Waals surface area contributed by atoms with Crippen molar-refractivity contribution in [3.05, 3.63) is 57.8 Å². The van der Waals surface area contributed by atoms with E-state index in [0.717, 1.165) is 9.78 Å². The van der Waals surface area contributed by atoms with Crippen molar-refractivity contribution in [2.24, 2.45) is 0 Å². The molecule has 0 saturated heterocycles. The number of carbonyl (C=O) groups excluding carboxylic acids is 3. The van der Waals surface area contributed by atoms with Crippen molar-refractivity contribution in [2.75, 3.05) is 6.54 Å². The van der Waals surface area contributed by atoms with Crippen LogP contribution in [0.4, 0.5) is 0 Å². The molecule has 24 heavy (non-hydrogen) atoms. The zero-order valence-electron chi connectivity index (χ0n) is 13.6. The summed E-state index contributed by atoms with van der Waals surface area (Å²) in [6.07, 6.45) is 0. The summed E-state index contributed by atoms with van der Waals surface area (Å²) in [5.41, 5.74) is 0.729. The zero-order valence-corrected chi connectivity index (χ0v) is 14.4. The minimum absolute atomic E-state index is 0.222. The van der Waals surface area contributed by atoms with E-state index in [2.05, 4.69) is 0 Å². The Labute approximate surface area is 144 Å². The highest BCUT2D eigenvalue weighted by Gasteiger charge is 2.41. The first kappa shape index (κ1) is 16.4. The molecule has 0 bridgehead atoms. The van der Waals surface area contributed by atoms with Crippen LogP contribution in [0.25, 0.3) is 0 Å². The smallest absolute Gasteiger partial charge is 0.262 e. The Kier molecular flexibility index (Phi) is 4.49. The van der Waals surface area contributed by atoms with Crippen LogP contribution in [0, 0.1) is 0 Å². The molecule has 0 fully saturated rings. The number of rotatable bonds is 5. The number of imide groups is 1. The van der Waals surface area contributed by atoms with Crippen LogP contribution in [0.2, 0.25) is 0 Å². The number of benzene rings is 1. The molecule has 2 aromatic rings. The molecule has 124 valence electrons. The second-order valence-corrected chi connectivity index (χ2v) is 6.67. The number of nitrogens with zero attached hydrogens (tertiary/aromatic N) is 2. The van der Waals surface area contributed by atoms with E-state index in [1.54, 1.807) is 47.4 Å². The number of fused-ring (bicyclic) bond motifs is 1. The highest BCUT2D eigenvalue weighted by atomic mass is 32.1. The van der Waals surface area contributed by atoms with Crippen molar-refractivity contribution in [3.8, 4) is 0 Å². The highest BCUT2D eigenvalue weighted by Crippen LogP contribution is 2.25. The van der Waals surface area contributed by atoms with E-state index in [1.165, 1.54) is 0 Å². The number of likely N-dealkylation sites (N-methyl/N-ethyl adjacent to an activating group) is 1. The summed E-state index contributed by atoms with van der Waals surface area (Å²) >= 11 is 1.58. The second kappa shape index (κ2) is 6.57. The summed E-state index contributed by atoms with van der Waals surface area (Å²) in [7, 11) is 0. The summed E-state index contributed by atoms with van der Waals surface area (Å²) in [5.74, 6) is -1.02. The molecule has 0 N–H and O–H groups in total. The van der Waals surface area contributed by atoms with Crippen molar-refractivity contribution < 1.29 is 14.4 Å². The third-order valence-electron chi connectivity index (χ3n) is 4.19. The predicted molar refractivity (Wildman–Crippen MR) is 91.8 cm³/mol. The Morgan fingerprint density at radius 1 is 1.12 bits per heavy atom. The fraction of sp³-hybridized carbons (Fsp3) is 0.278. The van der Waals surface area contributed by atoms with Crippen LogP contribution in [0.1, 0.15) is 39.4 Å². The Bertz CT molecular complexity index is 750. The lowest BCUT2D eigenvalue weighted by Gasteiger charge is -2.28. The van der Waals surface area contributed by atoms with Crippen LogP contribution in [-0.2, 0) is 11.3 Å². The largest absolute Gasteiger partial charge is 0.336 e. The fourth-order valence-electron chi connectivity index (χ4n) is 2.87. The predicted octanol–water partition coefficient (Wildman–Crippen LogP) is 2.78. The van der Waals surface area contributed by atoms with Gasteiger partial charge in [0.05, 0.1) is 17.7 Å². The number of hydrogen-bond acceptors (Lipinski definition) is 4. The van der Waals surface area contributed by atoms with Gasteiger partial charge < -0.3 is 4.90 Å². The molecular weight excluding hydrogens is 324 g/mol. The number of hydrogen-bond donors (Lipinski definition) is 0. The maximum Gasteiger partial charge on any atom is 0.262 e. The summed E-state index contributed by atoms with van der Waals surface area (Å²) < 4.78 is 0. The van der Waals surface area contributed by atoms with Crippen molar-refractivity contribution in [1.29, 1.82) is 0 Å². The Morgan fingerprint density at radius 2 is 1.75 bits per heavy atom. The lowest BCUT2D eigenvalue weighted by atomic mass is 10.1. The molecule has 1 atom stereocenters. The van der Waals surface area contributed by atoms with Gasteiger partial charge in [-0.3, -0.25) is 19.3 Å². The molecule has 3 rings (SSSR count). The van der Waals surface area contributed by atoms with Gasteiger partial charge in [0, 0.05) is 11.4 Å². The molecule has 1 aromatic heterocycles. The van der Waals surface area contributed by atoms with E-state index < -0.39 is 17.9 Å². The van der Waals surface area contributed by atoms with Crippen molar-refractivity contribution >= 4 is 29.1 Å². The van der Waals surface area contributed by atoms with Crippen molar-refractivity contribution in [3.63, 3.8) is 0 Å². The normalized spacial score (nSPS) is 14.7. The Balaban J connectivity index is 1.81. The molecular formula is C18H18N2O3S. The molecule has 1 unspecified atom stereocenters. The SMILES string of the molecule is CCN(Cc1cccs1)C(=O)C(C)N1C(=O)c2ccccc2C1=O.